The molecule has 2 aromatic carbocycles. The van der Waals surface area contributed by atoms with E-state index in [1.165, 1.54) is 5.56 Å². The van der Waals surface area contributed by atoms with Crippen LogP contribution in [0.3, 0.4) is 0 Å². The number of carbonyl (C=O) groups is 1. The van der Waals surface area contributed by atoms with Gasteiger partial charge in [0, 0.05) is 30.6 Å². The van der Waals surface area contributed by atoms with Crippen molar-refractivity contribution in [2.45, 2.75) is 45.8 Å². The summed E-state index contributed by atoms with van der Waals surface area (Å²) in [6, 6.07) is 12.0. The van der Waals surface area contributed by atoms with E-state index in [9.17, 15) is 4.79 Å². The second-order valence-electron chi connectivity index (χ2n) is 8.08. The Labute approximate surface area is 177 Å². The Hall–Kier alpha value is -2.79. The first-order valence-electron chi connectivity index (χ1n) is 10.5. The van der Waals surface area contributed by atoms with E-state index >= 15 is 0 Å². The molecule has 1 unspecified atom stereocenters. The number of fused-ring (bicyclic) bond motifs is 1. The molecular weight excluding hydrogens is 378 g/mol. The van der Waals surface area contributed by atoms with Crippen molar-refractivity contribution in [2.75, 3.05) is 20.3 Å². The molecule has 1 amide bonds. The van der Waals surface area contributed by atoms with Crippen molar-refractivity contribution in [1.82, 2.24) is 4.90 Å². The SMILES string of the molecule is COc1cccc(CN(CC2CCCO2)C(=O)Cc2coc3c(C)c(C)ccc23)c1. The van der Waals surface area contributed by atoms with E-state index in [-0.39, 0.29) is 12.0 Å². The third kappa shape index (κ3) is 4.36. The molecule has 3 aromatic rings. The molecule has 1 atom stereocenters. The Morgan fingerprint density at radius 2 is 2.10 bits per heavy atom. The van der Waals surface area contributed by atoms with Crippen LogP contribution in [0.25, 0.3) is 11.0 Å². The second-order valence-corrected chi connectivity index (χ2v) is 8.08. The lowest BCUT2D eigenvalue weighted by molar-refractivity contribution is -0.132. The average molecular weight is 408 g/mol. The summed E-state index contributed by atoms with van der Waals surface area (Å²) in [5, 5.41) is 1.02. The summed E-state index contributed by atoms with van der Waals surface area (Å²) in [5.74, 6) is 0.873. The minimum Gasteiger partial charge on any atom is -0.497 e. The smallest absolute Gasteiger partial charge is 0.227 e. The lowest BCUT2D eigenvalue weighted by Crippen LogP contribution is -2.37. The molecule has 0 bridgehead atoms. The molecule has 1 fully saturated rings. The predicted molar refractivity (Wildman–Crippen MR) is 117 cm³/mol. The first-order chi connectivity index (χ1) is 14.5. The minimum atomic E-state index is 0.0780. The number of hydrogen-bond acceptors (Lipinski definition) is 4. The Morgan fingerprint density at radius 3 is 2.87 bits per heavy atom. The number of methoxy groups -OCH3 is 1. The second kappa shape index (κ2) is 8.92. The molecule has 158 valence electrons. The van der Waals surface area contributed by atoms with Crippen LogP contribution in [0, 0.1) is 13.8 Å². The molecule has 0 saturated carbocycles. The number of amides is 1. The van der Waals surface area contributed by atoms with Gasteiger partial charge < -0.3 is 18.8 Å². The molecule has 1 aliphatic rings. The van der Waals surface area contributed by atoms with Crippen LogP contribution in [0.15, 0.2) is 47.1 Å². The van der Waals surface area contributed by atoms with Gasteiger partial charge in [0.15, 0.2) is 0 Å². The third-order valence-corrected chi connectivity index (χ3v) is 5.99. The molecule has 0 aliphatic carbocycles. The number of ether oxygens (including phenoxy) is 2. The van der Waals surface area contributed by atoms with E-state index in [0.29, 0.717) is 19.5 Å². The van der Waals surface area contributed by atoms with Crippen molar-refractivity contribution in [3.05, 3.63) is 64.9 Å². The highest BCUT2D eigenvalue weighted by molar-refractivity contribution is 5.89. The number of furan rings is 1. The standard InChI is InChI=1S/C25H29NO4/c1-17-9-10-23-20(16-30-25(23)18(17)2)13-24(27)26(15-22-8-5-11-29-22)14-19-6-4-7-21(12-19)28-3/h4,6-7,9-10,12,16,22H,5,8,11,13-15H2,1-3H3. The average Bonchev–Trinajstić information content (AvgIpc) is 3.41. The van der Waals surface area contributed by atoms with Crippen LogP contribution in [-0.2, 0) is 22.5 Å². The van der Waals surface area contributed by atoms with E-state index in [0.717, 1.165) is 52.9 Å². The van der Waals surface area contributed by atoms with Crippen LogP contribution < -0.4 is 4.74 Å². The van der Waals surface area contributed by atoms with Gasteiger partial charge in [-0.15, -0.1) is 0 Å². The molecule has 1 aliphatic heterocycles. The summed E-state index contributed by atoms with van der Waals surface area (Å²) in [7, 11) is 1.65. The maximum Gasteiger partial charge on any atom is 0.227 e. The summed E-state index contributed by atoms with van der Waals surface area (Å²) in [4.78, 5) is 15.3. The minimum absolute atomic E-state index is 0.0780. The summed E-state index contributed by atoms with van der Waals surface area (Å²) in [5.41, 5.74) is 5.16. The monoisotopic (exact) mass is 407 g/mol. The number of aryl methyl sites for hydroxylation is 2. The van der Waals surface area contributed by atoms with Crippen LogP contribution in [0.2, 0.25) is 0 Å². The zero-order valence-corrected chi connectivity index (χ0v) is 17.9. The Morgan fingerprint density at radius 1 is 1.23 bits per heavy atom. The number of rotatable bonds is 7. The number of carbonyl (C=O) groups excluding carboxylic acids is 1. The lowest BCUT2D eigenvalue weighted by atomic mass is 10.0. The molecule has 0 radical (unpaired) electrons. The summed E-state index contributed by atoms with van der Waals surface area (Å²) < 4.78 is 17.0. The normalized spacial score (nSPS) is 16.2. The topological polar surface area (TPSA) is 51.9 Å². The molecule has 4 rings (SSSR count). The third-order valence-electron chi connectivity index (χ3n) is 5.99. The Bertz CT molecular complexity index is 1030. The van der Waals surface area contributed by atoms with E-state index in [1.54, 1.807) is 13.4 Å². The van der Waals surface area contributed by atoms with Crippen molar-refractivity contribution < 1.29 is 18.7 Å². The van der Waals surface area contributed by atoms with Crippen LogP contribution in [0.4, 0.5) is 0 Å². The zero-order valence-electron chi connectivity index (χ0n) is 17.9. The van der Waals surface area contributed by atoms with Gasteiger partial charge in [-0.3, -0.25) is 4.79 Å². The molecule has 1 saturated heterocycles. The van der Waals surface area contributed by atoms with Gasteiger partial charge in [-0.05, 0) is 55.5 Å². The van der Waals surface area contributed by atoms with Crippen molar-refractivity contribution in [3.63, 3.8) is 0 Å². The first kappa shape index (κ1) is 20.5. The van der Waals surface area contributed by atoms with Crippen molar-refractivity contribution in [1.29, 1.82) is 0 Å². The highest BCUT2D eigenvalue weighted by Crippen LogP contribution is 2.27. The van der Waals surface area contributed by atoms with Crippen molar-refractivity contribution in [3.8, 4) is 5.75 Å². The quantitative estimate of drug-likeness (QED) is 0.564. The van der Waals surface area contributed by atoms with Crippen molar-refractivity contribution >= 4 is 16.9 Å². The summed E-state index contributed by atoms with van der Waals surface area (Å²) >= 11 is 0. The van der Waals surface area contributed by atoms with Gasteiger partial charge in [-0.25, -0.2) is 0 Å². The van der Waals surface area contributed by atoms with Gasteiger partial charge in [0.2, 0.25) is 5.91 Å². The predicted octanol–water partition coefficient (Wildman–Crippen LogP) is 4.81. The van der Waals surface area contributed by atoms with Crippen LogP contribution in [0.5, 0.6) is 5.75 Å². The highest BCUT2D eigenvalue weighted by atomic mass is 16.5. The fourth-order valence-corrected chi connectivity index (χ4v) is 4.08. The van der Waals surface area contributed by atoms with Gasteiger partial charge >= 0.3 is 0 Å². The van der Waals surface area contributed by atoms with E-state index < -0.39 is 0 Å². The highest BCUT2D eigenvalue weighted by Gasteiger charge is 2.24. The largest absolute Gasteiger partial charge is 0.497 e. The molecule has 5 heteroatoms. The molecule has 0 spiro atoms. The van der Waals surface area contributed by atoms with Crippen molar-refractivity contribution in [2.24, 2.45) is 0 Å². The van der Waals surface area contributed by atoms with Gasteiger partial charge in [-0.2, -0.15) is 0 Å². The summed E-state index contributed by atoms with van der Waals surface area (Å²) in [6.45, 7) is 6.03. The lowest BCUT2D eigenvalue weighted by Gasteiger charge is -2.26. The van der Waals surface area contributed by atoms with Crippen LogP contribution >= 0.6 is 0 Å². The number of benzene rings is 2. The molecule has 1 aromatic heterocycles. The molecular formula is C25H29NO4. The maximum absolute atomic E-state index is 13.4. The number of nitrogens with zero attached hydrogens (tertiary/aromatic N) is 1. The maximum atomic E-state index is 13.4. The fraction of sp³-hybridized carbons (Fsp3) is 0.400. The summed E-state index contributed by atoms with van der Waals surface area (Å²) in [6.07, 6.45) is 4.19. The van der Waals surface area contributed by atoms with Gasteiger partial charge in [0.25, 0.3) is 0 Å². The molecule has 5 nitrogen and oxygen atoms in total. The molecule has 30 heavy (non-hydrogen) atoms. The van der Waals surface area contributed by atoms with Crippen LogP contribution in [-0.4, -0.2) is 37.2 Å². The van der Waals surface area contributed by atoms with E-state index in [4.69, 9.17) is 13.9 Å². The zero-order chi connectivity index (χ0) is 21.1. The first-order valence-corrected chi connectivity index (χ1v) is 10.5. The Kier molecular flexibility index (Phi) is 6.09. The number of hydrogen-bond donors (Lipinski definition) is 0. The van der Waals surface area contributed by atoms with Gasteiger partial charge in [-0.1, -0.05) is 24.3 Å². The van der Waals surface area contributed by atoms with Gasteiger partial charge in [0.05, 0.1) is 25.9 Å². The molecule has 2 heterocycles. The van der Waals surface area contributed by atoms with E-state index in [1.807, 2.05) is 29.2 Å². The fourth-order valence-electron chi connectivity index (χ4n) is 4.08. The van der Waals surface area contributed by atoms with E-state index in [2.05, 4.69) is 26.0 Å². The van der Waals surface area contributed by atoms with Crippen LogP contribution in [0.1, 0.15) is 35.1 Å². The van der Waals surface area contributed by atoms with Gasteiger partial charge in [0.1, 0.15) is 11.3 Å². The Balaban J connectivity index is 1.56. The molecule has 0 N–H and O–H groups in total.